The van der Waals surface area contributed by atoms with Crippen molar-refractivity contribution in [3.8, 4) is 27.6 Å². The highest BCUT2D eigenvalue weighted by Crippen LogP contribution is 2.39. The third-order valence-corrected chi connectivity index (χ3v) is 7.33. The number of carbonyl (C=O) groups excluding carboxylic acids is 1. The van der Waals surface area contributed by atoms with Crippen molar-refractivity contribution in [3.05, 3.63) is 76.6 Å². The average Bonchev–Trinajstić information content (AvgIpc) is 3.61. The summed E-state index contributed by atoms with van der Waals surface area (Å²) in [6.07, 6.45) is 5.07. The Hall–Kier alpha value is -3.82. The fourth-order valence-corrected chi connectivity index (χ4v) is 5.34. The molecule has 0 saturated heterocycles. The molecule has 0 spiro atoms. The van der Waals surface area contributed by atoms with E-state index < -0.39 is 12.1 Å². The molecular formula is C26H23ClN4O4S. The zero-order valence-corrected chi connectivity index (χ0v) is 21.6. The Bertz CT molecular complexity index is 1570. The lowest BCUT2D eigenvalue weighted by molar-refractivity contribution is 0.0600. The van der Waals surface area contributed by atoms with Crippen molar-refractivity contribution in [2.75, 3.05) is 14.2 Å². The van der Waals surface area contributed by atoms with E-state index in [9.17, 15) is 4.79 Å². The van der Waals surface area contributed by atoms with E-state index in [-0.39, 0.29) is 0 Å². The second-order valence-electron chi connectivity index (χ2n) is 8.11. The SMILES string of the molecule is COC(=O)c1sc(-n2cnc3cc(-c4cnn(C)c4)ccc32)cc1O[C@H](C)c1cccc(OC)c1Cl. The number of rotatable bonds is 7. The minimum atomic E-state index is -0.478. The molecule has 1 atom stereocenters. The van der Waals surface area contributed by atoms with Crippen molar-refractivity contribution in [1.29, 1.82) is 0 Å². The van der Waals surface area contributed by atoms with Crippen LogP contribution in [0.2, 0.25) is 5.02 Å². The monoisotopic (exact) mass is 522 g/mol. The molecule has 0 bridgehead atoms. The van der Waals surface area contributed by atoms with Gasteiger partial charge in [-0.3, -0.25) is 9.25 Å². The number of nitrogens with zero attached hydrogens (tertiary/aromatic N) is 4. The van der Waals surface area contributed by atoms with Crippen molar-refractivity contribution >= 4 is 39.9 Å². The maximum atomic E-state index is 12.6. The van der Waals surface area contributed by atoms with E-state index in [2.05, 4.69) is 10.1 Å². The molecule has 0 unspecified atom stereocenters. The van der Waals surface area contributed by atoms with E-state index in [1.54, 1.807) is 24.2 Å². The topological polar surface area (TPSA) is 80.4 Å². The summed E-state index contributed by atoms with van der Waals surface area (Å²) in [7, 11) is 4.79. The summed E-state index contributed by atoms with van der Waals surface area (Å²) in [4.78, 5) is 17.5. The van der Waals surface area contributed by atoms with Gasteiger partial charge in [-0.15, -0.1) is 11.3 Å². The number of hydrogen-bond donors (Lipinski definition) is 0. The fourth-order valence-electron chi connectivity index (χ4n) is 3.99. The van der Waals surface area contributed by atoms with Crippen LogP contribution in [0.15, 0.2) is 61.2 Å². The standard InChI is InChI=1S/C26H23ClN4O4S/c1-15(18-6-5-7-21(33-3)24(18)27)35-22-11-23(36-25(22)26(32)34-4)31-14-28-19-10-16(8-9-20(19)31)17-12-29-30(2)13-17/h5-15H,1-4H3/t15-/m1/s1. The summed E-state index contributed by atoms with van der Waals surface area (Å²) in [6.45, 7) is 1.87. The first-order valence-corrected chi connectivity index (χ1v) is 12.3. The van der Waals surface area contributed by atoms with E-state index in [0.29, 0.717) is 21.4 Å². The summed E-state index contributed by atoms with van der Waals surface area (Å²) >= 11 is 7.77. The molecule has 36 heavy (non-hydrogen) atoms. The molecule has 10 heteroatoms. The summed E-state index contributed by atoms with van der Waals surface area (Å²) in [6, 6.07) is 13.4. The molecule has 3 heterocycles. The summed E-state index contributed by atoms with van der Waals surface area (Å²) in [5.74, 6) is 0.481. The Morgan fingerprint density at radius 1 is 1.11 bits per heavy atom. The van der Waals surface area contributed by atoms with Crippen LogP contribution in [0.5, 0.6) is 11.5 Å². The van der Waals surface area contributed by atoms with Gasteiger partial charge in [0.1, 0.15) is 28.9 Å². The molecule has 2 aromatic carbocycles. The molecule has 184 valence electrons. The van der Waals surface area contributed by atoms with Gasteiger partial charge in [0.15, 0.2) is 4.88 Å². The Morgan fingerprint density at radius 2 is 1.94 bits per heavy atom. The summed E-state index contributed by atoms with van der Waals surface area (Å²) < 4.78 is 20.3. The smallest absolute Gasteiger partial charge is 0.351 e. The van der Waals surface area contributed by atoms with Gasteiger partial charge in [-0.2, -0.15) is 5.10 Å². The van der Waals surface area contributed by atoms with Crippen LogP contribution < -0.4 is 9.47 Å². The molecule has 0 fully saturated rings. The van der Waals surface area contributed by atoms with Crippen LogP contribution in [0, 0.1) is 0 Å². The van der Waals surface area contributed by atoms with Gasteiger partial charge in [0.25, 0.3) is 0 Å². The molecule has 0 saturated carbocycles. The van der Waals surface area contributed by atoms with Crippen molar-refractivity contribution in [2.45, 2.75) is 13.0 Å². The van der Waals surface area contributed by atoms with Gasteiger partial charge >= 0.3 is 5.97 Å². The number of aromatic nitrogens is 4. The van der Waals surface area contributed by atoms with Gasteiger partial charge < -0.3 is 14.2 Å². The number of esters is 1. The molecule has 3 aromatic heterocycles. The highest BCUT2D eigenvalue weighted by atomic mass is 35.5. The maximum Gasteiger partial charge on any atom is 0.351 e. The summed E-state index contributed by atoms with van der Waals surface area (Å²) in [5, 5.41) is 5.48. The highest BCUT2D eigenvalue weighted by Gasteiger charge is 2.23. The van der Waals surface area contributed by atoms with Crippen LogP contribution >= 0.6 is 22.9 Å². The van der Waals surface area contributed by atoms with E-state index in [0.717, 1.165) is 32.7 Å². The molecule has 0 amide bonds. The van der Waals surface area contributed by atoms with E-state index in [1.165, 1.54) is 18.4 Å². The Labute approximate surface area is 216 Å². The number of carbonyl (C=O) groups is 1. The predicted molar refractivity (Wildman–Crippen MR) is 140 cm³/mol. The minimum Gasteiger partial charge on any atom is -0.495 e. The average molecular weight is 523 g/mol. The van der Waals surface area contributed by atoms with Crippen LogP contribution in [-0.4, -0.2) is 39.5 Å². The van der Waals surface area contributed by atoms with Gasteiger partial charge in [-0.05, 0) is 30.7 Å². The van der Waals surface area contributed by atoms with Gasteiger partial charge in [-0.1, -0.05) is 29.8 Å². The first-order chi connectivity index (χ1) is 17.4. The predicted octanol–water partition coefficient (Wildman–Crippen LogP) is 6.08. The fraction of sp³-hybridized carbons (Fsp3) is 0.192. The molecule has 0 aliphatic rings. The first kappa shape index (κ1) is 23.9. The number of hydrogen-bond acceptors (Lipinski definition) is 7. The number of thiophene rings is 1. The zero-order valence-electron chi connectivity index (χ0n) is 20.1. The molecule has 5 rings (SSSR count). The van der Waals surface area contributed by atoms with Gasteiger partial charge in [0.2, 0.25) is 0 Å². The van der Waals surface area contributed by atoms with Gasteiger partial charge in [-0.25, -0.2) is 9.78 Å². The summed E-state index contributed by atoms with van der Waals surface area (Å²) in [5.41, 5.74) is 4.50. The van der Waals surface area contributed by atoms with Crippen LogP contribution in [0.25, 0.3) is 27.2 Å². The van der Waals surface area contributed by atoms with Crippen molar-refractivity contribution in [2.24, 2.45) is 7.05 Å². The van der Waals surface area contributed by atoms with Crippen LogP contribution in [0.4, 0.5) is 0 Å². The van der Waals surface area contributed by atoms with Gasteiger partial charge in [0, 0.05) is 30.4 Å². The molecule has 5 aromatic rings. The number of ether oxygens (including phenoxy) is 3. The van der Waals surface area contributed by atoms with Crippen LogP contribution in [-0.2, 0) is 11.8 Å². The normalized spacial score (nSPS) is 12.0. The number of halogens is 1. The molecule has 0 aliphatic heterocycles. The molecule has 0 N–H and O–H groups in total. The zero-order chi connectivity index (χ0) is 25.4. The third-order valence-electron chi connectivity index (χ3n) is 5.83. The Morgan fingerprint density at radius 3 is 2.67 bits per heavy atom. The first-order valence-electron chi connectivity index (χ1n) is 11.1. The van der Waals surface area contributed by atoms with Crippen molar-refractivity contribution < 1.29 is 19.0 Å². The minimum absolute atomic E-state index is 0.354. The Balaban J connectivity index is 1.51. The second-order valence-corrected chi connectivity index (χ2v) is 9.52. The van der Waals surface area contributed by atoms with Crippen molar-refractivity contribution in [3.63, 3.8) is 0 Å². The number of methoxy groups -OCH3 is 2. The van der Waals surface area contributed by atoms with Crippen LogP contribution in [0.3, 0.4) is 0 Å². The number of aryl methyl sites for hydroxylation is 1. The lowest BCUT2D eigenvalue weighted by Gasteiger charge is -2.17. The molecule has 0 aliphatic carbocycles. The lowest BCUT2D eigenvalue weighted by atomic mass is 10.1. The van der Waals surface area contributed by atoms with Crippen LogP contribution in [0.1, 0.15) is 28.3 Å². The van der Waals surface area contributed by atoms with E-state index in [1.807, 2.05) is 67.3 Å². The second kappa shape index (κ2) is 9.67. The third kappa shape index (κ3) is 4.31. The number of imidazole rings is 1. The van der Waals surface area contributed by atoms with E-state index >= 15 is 0 Å². The molecule has 8 nitrogen and oxygen atoms in total. The number of benzene rings is 2. The lowest BCUT2D eigenvalue weighted by Crippen LogP contribution is -2.07. The quantitative estimate of drug-likeness (QED) is 0.241. The van der Waals surface area contributed by atoms with E-state index in [4.69, 9.17) is 25.8 Å². The highest BCUT2D eigenvalue weighted by molar-refractivity contribution is 7.16. The maximum absolute atomic E-state index is 12.6. The van der Waals surface area contributed by atoms with Crippen molar-refractivity contribution in [1.82, 2.24) is 19.3 Å². The largest absolute Gasteiger partial charge is 0.495 e. The molecular weight excluding hydrogens is 500 g/mol. The van der Waals surface area contributed by atoms with Gasteiger partial charge in [0.05, 0.1) is 36.5 Å². The number of fused-ring (bicyclic) bond motifs is 1. The Kier molecular flexibility index (Phi) is 6.42. The molecule has 0 radical (unpaired) electrons.